The second-order valence-electron chi connectivity index (χ2n) is 8.40. The van der Waals surface area contributed by atoms with Crippen LogP contribution in [-0.2, 0) is 17.8 Å². The molecule has 3 aromatic rings. The van der Waals surface area contributed by atoms with Crippen LogP contribution in [0.25, 0.3) is 11.0 Å². The van der Waals surface area contributed by atoms with E-state index in [1.54, 1.807) is 0 Å². The minimum Gasteiger partial charge on any atom is -0.355 e. The zero-order valence-electron chi connectivity index (χ0n) is 19.3. The van der Waals surface area contributed by atoms with Crippen molar-refractivity contribution in [3.63, 3.8) is 0 Å². The molecule has 0 aliphatic carbocycles. The lowest BCUT2D eigenvalue weighted by molar-refractivity contribution is -0.125. The minimum atomic E-state index is 0.101. The summed E-state index contributed by atoms with van der Waals surface area (Å²) in [6.07, 6.45) is 2.49. The number of fused-ring (bicyclic) bond motifs is 1. The quantitative estimate of drug-likeness (QED) is 0.544. The Bertz CT molecular complexity index is 1020. The SMILES string of the molecule is CCC(CC)C(=O)NCCc1nc2ccccc2n1Cc1c(C)c(C)cc(C)c1C. The van der Waals surface area contributed by atoms with Gasteiger partial charge < -0.3 is 9.88 Å². The van der Waals surface area contributed by atoms with E-state index in [4.69, 9.17) is 4.98 Å². The second-order valence-corrected chi connectivity index (χ2v) is 8.40. The molecular weight excluding hydrogens is 370 g/mol. The van der Waals surface area contributed by atoms with E-state index < -0.39 is 0 Å². The normalized spacial score (nSPS) is 11.4. The highest BCUT2D eigenvalue weighted by Gasteiger charge is 2.17. The van der Waals surface area contributed by atoms with Crippen molar-refractivity contribution in [1.82, 2.24) is 14.9 Å². The average molecular weight is 406 g/mol. The first-order valence-electron chi connectivity index (χ1n) is 11.1. The van der Waals surface area contributed by atoms with Gasteiger partial charge in [-0.05, 0) is 80.5 Å². The van der Waals surface area contributed by atoms with Gasteiger partial charge in [-0.25, -0.2) is 4.98 Å². The zero-order chi connectivity index (χ0) is 21.8. The van der Waals surface area contributed by atoms with Gasteiger partial charge in [0.05, 0.1) is 11.0 Å². The van der Waals surface area contributed by atoms with Crippen LogP contribution >= 0.6 is 0 Å². The Balaban J connectivity index is 1.91. The molecule has 0 unspecified atom stereocenters. The van der Waals surface area contributed by atoms with Crippen LogP contribution in [0, 0.1) is 33.6 Å². The summed E-state index contributed by atoms with van der Waals surface area (Å²) in [6.45, 7) is 14.4. The number of aromatic nitrogens is 2. The van der Waals surface area contributed by atoms with E-state index in [9.17, 15) is 4.79 Å². The number of nitrogens with one attached hydrogen (secondary N) is 1. The molecule has 4 heteroatoms. The van der Waals surface area contributed by atoms with Crippen molar-refractivity contribution in [1.29, 1.82) is 0 Å². The first-order valence-corrected chi connectivity index (χ1v) is 11.1. The summed E-state index contributed by atoms with van der Waals surface area (Å²) in [5.41, 5.74) is 8.90. The maximum absolute atomic E-state index is 12.4. The number of aryl methyl sites for hydroxylation is 2. The number of hydrogen-bond donors (Lipinski definition) is 1. The number of carbonyl (C=O) groups is 1. The van der Waals surface area contributed by atoms with E-state index >= 15 is 0 Å². The molecule has 0 aliphatic rings. The smallest absolute Gasteiger partial charge is 0.223 e. The van der Waals surface area contributed by atoms with Crippen molar-refractivity contribution in [2.45, 2.75) is 67.3 Å². The number of carbonyl (C=O) groups excluding carboxylic acids is 1. The Morgan fingerprint density at radius 1 is 1.03 bits per heavy atom. The average Bonchev–Trinajstić information content (AvgIpc) is 3.08. The first-order chi connectivity index (χ1) is 14.4. The number of nitrogens with zero attached hydrogens (tertiary/aromatic N) is 2. The Morgan fingerprint density at radius 3 is 2.30 bits per heavy atom. The molecule has 0 radical (unpaired) electrons. The van der Waals surface area contributed by atoms with Crippen LogP contribution in [0.1, 0.15) is 60.3 Å². The van der Waals surface area contributed by atoms with E-state index in [1.165, 1.54) is 27.8 Å². The number of rotatable bonds is 8. The van der Waals surface area contributed by atoms with Crippen molar-refractivity contribution in [2.24, 2.45) is 5.92 Å². The molecule has 1 N–H and O–H groups in total. The van der Waals surface area contributed by atoms with Crippen molar-refractivity contribution in [2.75, 3.05) is 6.54 Å². The summed E-state index contributed by atoms with van der Waals surface area (Å²) in [7, 11) is 0. The zero-order valence-corrected chi connectivity index (χ0v) is 19.3. The fourth-order valence-corrected chi connectivity index (χ4v) is 4.29. The maximum atomic E-state index is 12.4. The molecule has 0 saturated carbocycles. The van der Waals surface area contributed by atoms with Crippen LogP contribution in [0.5, 0.6) is 0 Å². The summed E-state index contributed by atoms with van der Waals surface area (Å²) in [6, 6.07) is 10.6. The lowest BCUT2D eigenvalue weighted by atomic mass is 9.94. The van der Waals surface area contributed by atoms with Gasteiger partial charge >= 0.3 is 0 Å². The standard InChI is InChI=1S/C26H35N3O/c1-7-21(8-2)26(30)27-14-13-25-28-23-11-9-10-12-24(23)29(25)16-22-19(5)17(3)15-18(4)20(22)6/h9-12,15,21H,7-8,13-14,16H2,1-6H3,(H,27,30). The fraction of sp³-hybridized carbons (Fsp3) is 0.462. The highest BCUT2D eigenvalue weighted by molar-refractivity contribution is 5.78. The summed E-state index contributed by atoms with van der Waals surface area (Å²) in [5.74, 6) is 1.28. The van der Waals surface area contributed by atoms with Crippen LogP contribution in [0.15, 0.2) is 30.3 Å². The Labute approximate surface area is 180 Å². The van der Waals surface area contributed by atoms with Gasteiger partial charge in [0.2, 0.25) is 5.91 Å². The van der Waals surface area contributed by atoms with Crippen molar-refractivity contribution in [3.05, 3.63) is 64.0 Å². The number of hydrogen-bond acceptors (Lipinski definition) is 2. The highest BCUT2D eigenvalue weighted by Crippen LogP contribution is 2.25. The Kier molecular flexibility index (Phi) is 6.96. The lowest BCUT2D eigenvalue weighted by Crippen LogP contribution is -2.32. The van der Waals surface area contributed by atoms with Crippen LogP contribution in [0.3, 0.4) is 0 Å². The fourth-order valence-electron chi connectivity index (χ4n) is 4.29. The Morgan fingerprint density at radius 2 is 1.67 bits per heavy atom. The van der Waals surface area contributed by atoms with Crippen molar-refractivity contribution in [3.8, 4) is 0 Å². The molecule has 3 rings (SSSR count). The summed E-state index contributed by atoms with van der Waals surface area (Å²) >= 11 is 0. The molecule has 0 fully saturated rings. The van der Waals surface area contributed by atoms with E-state index in [1.807, 2.05) is 6.07 Å². The largest absolute Gasteiger partial charge is 0.355 e. The molecule has 30 heavy (non-hydrogen) atoms. The molecule has 1 aromatic heterocycles. The summed E-state index contributed by atoms with van der Waals surface area (Å²) in [4.78, 5) is 17.3. The molecule has 160 valence electrons. The van der Waals surface area contributed by atoms with Crippen LogP contribution < -0.4 is 5.32 Å². The molecule has 0 aliphatic heterocycles. The van der Waals surface area contributed by atoms with Gasteiger partial charge in [0.1, 0.15) is 5.82 Å². The van der Waals surface area contributed by atoms with Gasteiger partial charge in [0, 0.05) is 25.4 Å². The lowest BCUT2D eigenvalue weighted by Gasteiger charge is -2.18. The topological polar surface area (TPSA) is 46.9 Å². The Hall–Kier alpha value is -2.62. The molecule has 2 aromatic carbocycles. The molecule has 0 bridgehead atoms. The van der Waals surface area contributed by atoms with E-state index in [0.29, 0.717) is 6.54 Å². The monoisotopic (exact) mass is 405 g/mol. The third-order valence-corrected chi connectivity index (χ3v) is 6.58. The van der Waals surface area contributed by atoms with Crippen LogP contribution in [0.2, 0.25) is 0 Å². The minimum absolute atomic E-state index is 0.101. The number of amides is 1. The maximum Gasteiger partial charge on any atom is 0.223 e. The summed E-state index contributed by atoms with van der Waals surface area (Å²) in [5, 5.41) is 3.12. The van der Waals surface area contributed by atoms with E-state index in [0.717, 1.165) is 42.7 Å². The van der Waals surface area contributed by atoms with Gasteiger partial charge in [-0.15, -0.1) is 0 Å². The van der Waals surface area contributed by atoms with Crippen molar-refractivity contribution >= 4 is 16.9 Å². The van der Waals surface area contributed by atoms with Gasteiger partial charge in [0.15, 0.2) is 0 Å². The van der Waals surface area contributed by atoms with Gasteiger partial charge in [-0.2, -0.15) is 0 Å². The second kappa shape index (κ2) is 9.46. The summed E-state index contributed by atoms with van der Waals surface area (Å²) < 4.78 is 2.33. The van der Waals surface area contributed by atoms with Gasteiger partial charge in [0.25, 0.3) is 0 Å². The molecule has 4 nitrogen and oxygen atoms in total. The van der Waals surface area contributed by atoms with Gasteiger partial charge in [-0.1, -0.05) is 32.0 Å². The predicted octanol–water partition coefficient (Wildman–Crippen LogP) is 5.41. The molecular formula is C26H35N3O. The van der Waals surface area contributed by atoms with E-state index in [-0.39, 0.29) is 11.8 Å². The number of para-hydroxylation sites is 2. The highest BCUT2D eigenvalue weighted by atomic mass is 16.1. The van der Waals surface area contributed by atoms with Crippen molar-refractivity contribution < 1.29 is 4.79 Å². The molecule has 1 amide bonds. The van der Waals surface area contributed by atoms with Crippen LogP contribution in [0.4, 0.5) is 0 Å². The number of imidazole rings is 1. The number of benzene rings is 2. The van der Waals surface area contributed by atoms with Crippen LogP contribution in [-0.4, -0.2) is 22.0 Å². The molecule has 0 spiro atoms. The molecule has 0 atom stereocenters. The first kappa shape index (κ1) is 22.1. The molecule has 1 heterocycles. The van der Waals surface area contributed by atoms with Gasteiger partial charge in [-0.3, -0.25) is 4.79 Å². The third-order valence-electron chi connectivity index (χ3n) is 6.58. The third kappa shape index (κ3) is 4.43. The molecule has 0 saturated heterocycles. The predicted molar refractivity (Wildman–Crippen MR) is 125 cm³/mol. The van der Waals surface area contributed by atoms with E-state index in [2.05, 4.69) is 75.7 Å².